The summed E-state index contributed by atoms with van der Waals surface area (Å²) in [5.41, 5.74) is -0.143. The van der Waals surface area contributed by atoms with Crippen molar-refractivity contribution in [2.24, 2.45) is 0 Å². The van der Waals surface area contributed by atoms with E-state index in [4.69, 9.17) is 0 Å². The monoisotopic (exact) mass is 301 g/mol. The molecule has 2 aromatic rings. The minimum absolute atomic E-state index is 0.102. The Morgan fingerprint density at radius 2 is 1.80 bits per heavy atom. The van der Waals surface area contributed by atoms with Crippen molar-refractivity contribution >= 4 is 17.7 Å². The summed E-state index contributed by atoms with van der Waals surface area (Å²) >= 11 is 0.943. The smallest absolute Gasteiger partial charge is 0.357 e. The second-order valence-electron chi connectivity index (χ2n) is 3.81. The lowest BCUT2D eigenvalue weighted by molar-refractivity contribution is -0.141. The van der Waals surface area contributed by atoms with E-state index >= 15 is 0 Å². The van der Waals surface area contributed by atoms with Gasteiger partial charge in [-0.15, -0.1) is 0 Å². The molecule has 0 atom stereocenters. The molecule has 0 fully saturated rings. The quantitative estimate of drug-likeness (QED) is 0.695. The number of nitrogens with one attached hydrogen (secondary N) is 1. The first-order chi connectivity index (χ1) is 9.38. The number of nitrogens with zero attached hydrogens (tertiary/aromatic N) is 4. The van der Waals surface area contributed by atoms with E-state index in [2.05, 4.69) is 25.3 Å². The molecule has 0 aliphatic carbocycles. The molecule has 0 unspecified atom stereocenters. The third-order valence-corrected chi connectivity index (χ3v) is 2.98. The summed E-state index contributed by atoms with van der Waals surface area (Å²) in [6.45, 7) is 1.82. The zero-order valence-electron chi connectivity index (χ0n) is 10.6. The fourth-order valence-corrected chi connectivity index (χ4v) is 1.96. The van der Waals surface area contributed by atoms with Crippen LogP contribution in [0.3, 0.4) is 0 Å². The average molecular weight is 301 g/mol. The molecule has 0 amide bonds. The van der Waals surface area contributed by atoms with E-state index in [1.165, 1.54) is 7.05 Å². The first-order valence-corrected chi connectivity index (χ1v) is 6.30. The Kier molecular flexibility index (Phi) is 4.07. The van der Waals surface area contributed by atoms with E-state index in [9.17, 15) is 13.2 Å². The number of aromatic nitrogens is 4. The van der Waals surface area contributed by atoms with Gasteiger partial charge < -0.3 is 5.32 Å². The van der Waals surface area contributed by atoms with E-state index < -0.39 is 11.9 Å². The van der Waals surface area contributed by atoms with Crippen LogP contribution in [0.15, 0.2) is 28.6 Å². The molecule has 5 nitrogen and oxygen atoms in total. The number of hydrogen-bond acceptors (Lipinski definition) is 6. The molecule has 0 saturated carbocycles. The third-order valence-electron chi connectivity index (χ3n) is 2.17. The van der Waals surface area contributed by atoms with E-state index in [0.717, 1.165) is 23.4 Å². The van der Waals surface area contributed by atoms with E-state index in [0.29, 0.717) is 5.16 Å². The molecular formula is C11H10F3N5S. The van der Waals surface area contributed by atoms with Gasteiger partial charge in [-0.3, -0.25) is 0 Å². The van der Waals surface area contributed by atoms with Gasteiger partial charge >= 0.3 is 6.18 Å². The van der Waals surface area contributed by atoms with E-state index in [1.54, 1.807) is 12.4 Å². The van der Waals surface area contributed by atoms with Gasteiger partial charge in [-0.1, -0.05) is 0 Å². The molecule has 2 aromatic heterocycles. The lowest BCUT2D eigenvalue weighted by atomic mass is 10.4. The minimum Gasteiger partial charge on any atom is -0.357 e. The van der Waals surface area contributed by atoms with Crippen LogP contribution in [0.25, 0.3) is 0 Å². The zero-order chi connectivity index (χ0) is 14.8. The Bertz CT molecular complexity index is 600. The molecular weight excluding hydrogens is 291 g/mol. The maximum absolute atomic E-state index is 12.7. The average Bonchev–Trinajstić information content (AvgIpc) is 2.40. The fraction of sp³-hybridized carbons (Fsp3) is 0.273. The normalized spacial score (nSPS) is 11.4. The molecule has 0 spiro atoms. The lowest BCUT2D eigenvalue weighted by Crippen LogP contribution is -2.11. The summed E-state index contributed by atoms with van der Waals surface area (Å²) in [6, 6.07) is 0.870. The molecule has 0 aromatic carbocycles. The topological polar surface area (TPSA) is 63.6 Å². The molecule has 1 N–H and O–H groups in total. The minimum atomic E-state index is -4.53. The summed E-state index contributed by atoms with van der Waals surface area (Å²) in [4.78, 5) is 15.3. The number of halogens is 3. The van der Waals surface area contributed by atoms with E-state index in [-0.39, 0.29) is 11.0 Å². The van der Waals surface area contributed by atoms with Gasteiger partial charge in [-0.05, 0) is 24.2 Å². The zero-order valence-corrected chi connectivity index (χ0v) is 11.4. The van der Waals surface area contributed by atoms with Crippen molar-refractivity contribution in [2.45, 2.75) is 23.3 Å². The van der Waals surface area contributed by atoms with Crippen LogP contribution in [0.5, 0.6) is 0 Å². The number of anilines is 1. The second kappa shape index (κ2) is 5.61. The Morgan fingerprint density at radius 1 is 1.15 bits per heavy atom. The van der Waals surface area contributed by atoms with Crippen LogP contribution in [0.4, 0.5) is 19.1 Å². The number of aryl methyl sites for hydroxylation is 1. The molecule has 0 saturated heterocycles. The van der Waals surface area contributed by atoms with Crippen LogP contribution in [0.1, 0.15) is 11.3 Å². The molecule has 0 bridgehead atoms. The number of hydrogen-bond donors (Lipinski definition) is 1. The maximum atomic E-state index is 12.7. The highest BCUT2D eigenvalue weighted by Crippen LogP contribution is 2.32. The van der Waals surface area contributed by atoms with Gasteiger partial charge in [0.15, 0.2) is 10.9 Å². The predicted octanol–water partition coefficient (Wildman–Crippen LogP) is 2.79. The molecule has 9 heteroatoms. The highest BCUT2D eigenvalue weighted by atomic mass is 32.2. The molecule has 0 aliphatic rings. The molecule has 2 rings (SSSR count). The summed E-state index contributed by atoms with van der Waals surface area (Å²) in [5.74, 6) is -0.102. The van der Waals surface area contributed by atoms with E-state index in [1.807, 2.05) is 6.92 Å². The van der Waals surface area contributed by atoms with Gasteiger partial charge in [0.1, 0.15) is 5.03 Å². The fourth-order valence-electron chi connectivity index (χ4n) is 1.26. The van der Waals surface area contributed by atoms with Gasteiger partial charge in [-0.25, -0.2) is 19.9 Å². The molecule has 2 heterocycles. The van der Waals surface area contributed by atoms with Crippen LogP contribution < -0.4 is 5.32 Å². The molecule has 0 aliphatic heterocycles. The van der Waals surface area contributed by atoms with Crippen molar-refractivity contribution in [1.29, 1.82) is 0 Å². The predicted molar refractivity (Wildman–Crippen MR) is 67.5 cm³/mol. The number of alkyl halides is 3. The van der Waals surface area contributed by atoms with Crippen molar-refractivity contribution in [3.05, 3.63) is 29.7 Å². The van der Waals surface area contributed by atoms with Gasteiger partial charge in [0.25, 0.3) is 0 Å². The lowest BCUT2D eigenvalue weighted by Gasteiger charge is -2.09. The summed E-state index contributed by atoms with van der Waals surface area (Å²) < 4.78 is 38.2. The first kappa shape index (κ1) is 14.5. The first-order valence-electron chi connectivity index (χ1n) is 5.49. The van der Waals surface area contributed by atoms with Gasteiger partial charge in [0.05, 0.1) is 0 Å². The van der Waals surface area contributed by atoms with Crippen LogP contribution in [0, 0.1) is 6.92 Å². The Balaban J connectivity index is 2.33. The highest BCUT2D eigenvalue weighted by molar-refractivity contribution is 7.99. The van der Waals surface area contributed by atoms with Crippen molar-refractivity contribution in [1.82, 2.24) is 19.9 Å². The Morgan fingerprint density at radius 3 is 2.35 bits per heavy atom. The van der Waals surface area contributed by atoms with Gasteiger partial charge in [0.2, 0.25) is 5.95 Å². The van der Waals surface area contributed by atoms with Crippen molar-refractivity contribution in [3.63, 3.8) is 0 Å². The third kappa shape index (κ3) is 3.56. The van der Waals surface area contributed by atoms with Crippen molar-refractivity contribution < 1.29 is 13.2 Å². The maximum Gasteiger partial charge on any atom is 0.433 e. The van der Waals surface area contributed by atoms with Crippen molar-refractivity contribution in [3.8, 4) is 0 Å². The summed E-state index contributed by atoms with van der Waals surface area (Å²) in [5, 5.41) is 2.95. The van der Waals surface area contributed by atoms with Gasteiger partial charge in [0, 0.05) is 25.5 Å². The van der Waals surface area contributed by atoms with Crippen LogP contribution >= 0.6 is 11.8 Å². The standard InChI is InChI=1S/C11H10F3N5S/c1-6-4-16-10(17-5-6)20-8-3-7(11(12,13)14)18-9(15-2)19-8/h3-5H,1-2H3,(H,15,18,19). The van der Waals surface area contributed by atoms with Crippen LogP contribution in [0.2, 0.25) is 0 Å². The highest BCUT2D eigenvalue weighted by Gasteiger charge is 2.33. The van der Waals surface area contributed by atoms with Crippen LogP contribution in [-0.4, -0.2) is 27.0 Å². The summed E-state index contributed by atoms with van der Waals surface area (Å²) in [7, 11) is 1.45. The molecule has 106 valence electrons. The summed E-state index contributed by atoms with van der Waals surface area (Å²) in [6.07, 6.45) is -1.36. The Hall–Kier alpha value is -1.90. The molecule has 0 radical (unpaired) electrons. The Labute approximate surface area is 117 Å². The van der Waals surface area contributed by atoms with Crippen molar-refractivity contribution in [2.75, 3.05) is 12.4 Å². The van der Waals surface area contributed by atoms with Crippen LogP contribution in [-0.2, 0) is 6.18 Å². The number of rotatable bonds is 3. The largest absolute Gasteiger partial charge is 0.433 e. The van der Waals surface area contributed by atoms with Gasteiger partial charge in [-0.2, -0.15) is 13.2 Å². The SMILES string of the molecule is CNc1nc(Sc2ncc(C)cn2)cc(C(F)(F)F)n1. The molecule has 20 heavy (non-hydrogen) atoms. The second-order valence-corrected chi connectivity index (χ2v) is 4.80.